The zero-order valence-electron chi connectivity index (χ0n) is 10.1. The third kappa shape index (κ3) is 1.09. The Bertz CT molecular complexity index is 522. The molecule has 4 atom stereocenters. The van der Waals surface area contributed by atoms with Crippen LogP contribution in [0.1, 0.15) is 25.0 Å². The van der Waals surface area contributed by atoms with Crippen molar-refractivity contribution in [3.63, 3.8) is 0 Å². The number of hydrogen-bond donors (Lipinski definition) is 0. The fraction of sp³-hybridized carbons (Fsp3) is 0.615. The number of aryl methyl sites for hydroxylation is 1. The van der Waals surface area contributed by atoms with Gasteiger partial charge in [0.1, 0.15) is 5.76 Å². The second-order valence-corrected chi connectivity index (χ2v) is 5.69. The van der Waals surface area contributed by atoms with E-state index < -0.39 is 0 Å². The van der Waals surface area contributed by atoms with Gasteiger partial charge >= 0.3 is 0 Å². The highest BCUT2D eigenvalue weighted by Crippen LogP contribution is 2.56. The molecule has 5 heteroatoms. The highest BCUT2D eigenvalue weighted by atomic mass is 16.5. The zero-order valence-corrected chi connectivity index (χ0v) is 10.1. The van der Waals surface area contributed by atoms with E-state index in [0.29, 0.717) is 23.4 Å². The second-order valence-electron chi connectivity index (χ2n) is 5.69. The van der Waals surface area contributed by atoms with Crippen LogP contribution in [0.15, 0.2) is 10.6 Å². The molecule has 0 unspecified atom stereocenters. The first-order chi connectivity index (χ1) is 8.66. The van der Waals surface area contributed by atoms with Crippen LogP contribution in [0.4, 0.5) is 5.82 Å². The maximum absolute atomic E-state index is 12.4. The van der Waals surface area contributed by atoms with Crippen LogP contribution < -0.4 is 4.90 Å². The van der Waals surface area contributed by atoms with Gasteiger partial charge in [-0.1, -0.05) is 5.16 Å². The summed E-state index contributed by atoms with van der Waals surface area (Å²) in [5.74, 6) is 1.49. The van der Waals surface area contributed by atoms with Crippen LogP contribution in [0.2, 0.25) is 0 Å². The number of hydrogen-bond acceptors (Lipinski definition) is 4. The van der Waals surface area contributed by atoms with E-state index in [9.17, 15) is 9.59 Å². The van der Waals surface area contributed by atoms with E-state index in [4.69, 9.17) is 4.52 Å². The molecular weight excluding hydrogens is 232 g/mol. The van der Waals surface area contributed by atoms with Crippen LogP contribution in [0.5, 0.6) is 0 Å². The van der Waals surface area contributed by atoms with Gasteiger partial charge in [0.25, 0.3) is 0 Å². The Morgan fingerprint density at radius 3 is 2.33 bits per heavy atom. The summed E-state index contributed by atoms with van der Waals surface area (Å²) in [6.45, 7) is 1.76. The predicted octanol–water partition coefficient (Wildman–Crippen LogP) is 1.52. The van der Waals surface area contributed by atoms with Gasteiger partial charge in [-0.25, -0.2) is 4.90 Å². The van der Waals surface area contributed by atoms with Gasteiger partial charge in [0, 0.05) is 6.07 Å². The lowest BCUT2D eigenvalue weighted by Gasteiger charge is -2.19. The molecule has 0 aromatic carbocycles. The van der Waals surface area contributed by atoms with Crippen molar-refractivity contribution >= 4 is 17.6 Å². The molecule has 3 aliphatic rings. The minimum absolute atomic E-state index is 0.0644. The number of fused-ring (bicyclic) bond motifs is 5. The van der Waals surface area contributed by atoms with Crippen molar-refractivity contribution in [2.45, 2.75) is 26.2 Å². The standard InChI is InChI=1S/C13H14N2O3/c1-6-4-9(14-18-6)15-12(16)10-7-2-3-8(5-7)11(10)13(15)17/h4,7-8,10-11H,2-3,5H2,1H3/t7-,8-,10+,11+/m0/s1. The summed E-state index contributed by atoms with van der Waals surface area (Å²) in [6, 6.07) is 1.65. The molecule has 2 bridgehead atoms. The molecule has 2 aliphatic carbocycles. The highest BCUT2D eigenvalue weighted by Gasteiger charge is 2.61. The van der Waals surface area contributed by atoms with Crippen molar-refractivity contribution in [1.82, 2.24) is 5.16 Å². The average molecular weight is 246 g/mol. The van der Waals surface area contributed by atoms with Gasteiger partial charge in [-0.3, -0.25) is 9.59 Å². The molecule has 18 heavy (non-hydrogen) atoms. The van der Waals surface area contributed by atoms with E-state index in [0.717, 1.165) is 19.3 Å². The van der Waals surface area contributed by atoms with E-state index in [2.05, 4.69) is 5.16 Å². The van der Waals surface area contributed by atoms with Gasteiger partial charge in [0.05, 0.1) is 11.8 Å². The first-order valence-electron chi connectivity index (χ1n) is 6.48. The first kappa shape index (κ1) is 10.3. The zero-order chi connectivity index (χ0) is 12.4. The summed E-state index contributed by atoms with van der Waals surface area (Å²) in [6.07, 6.45) is 3.24. The molecule has 0 radical (unpaired) electrons. The normalized spacial score (nSPS) is 37.7. The van der Waals surface area contributed by atoms with Gasteiger partial charge in [0.15, 0.2) is 5.82 Å². The van der Waals surface area contributed by atoms with Gasteiger partial charge < -0.3 is 4.52 Å². The van der Waals surface area contributed by atoms with Crippen molar-refractivity contribution < 1.29 is 14.1 Å². The number of carbonyl (C=O) groups excluding carboxylic acids is 2. The smallest absolute Gasteiger partial charge is 0.239 e. The Morgan fingerprint density at radius 1 is 1.22 bits per heavy atom. The Morgan fingerprint density at radius 2 is 1.83 bits per heavy atom. The lowest BCUT2D eigenvalue weighted by Crippen LogP contribution is -2.32. The van der Waals surface area contributed by atoms with Gasteiger partial charge in [-0.05, 0) is 38.0 Å². The second kappa shape index (κ2) is 3.22. The molecule has 2 saturated carbocycles. The summed E-state index contributed by atoms with van der Waals surface area (Å²) in [4.78, 5) is 26.1. The van der Waals surface area contributed by atoms with Crippen molar-refractivity contribution in [2.75, 3.05) is 4.90 Å². The average Bonchev–Trinajstić information content (AvgIpc) is 3.05. The van der Waals surface area contributed by atoms with E-state index in [-0.39, 0.29) is 23.7 Å². The maximum atomic E-state index is 12.4. The van der Waals surface area contributed by atoms with Gasteiger partial charge in [0.2, 0.25) is 11.8 Å². The van der Waals surface area contributed by atoms with E-state index in [1.54, 1.807) is 13.0 Å². The number of rotatable bonds is 1. The summed E-state index contributed by atoms with van der Waals surface area (Å²) in [5, 5.41) is 3.81. The van der Waals surface area contributed by atoms with E-state index in [1.807, 2.05) is 0 Å². The van der Waals surface area contributed by atoms with Crippen LogP contribution in [0.3, 0.4) is 0 Å². The molecular formula is C13H14N2O3. The lowest BCUT2D eigenvalue weighted by atomic mass is 9.81. The Balaban J connectivity index is 1.75. The van der Waals surface area contributed by atoms with Crippen molar-refractivity contribution in [3.05, 3.63) is 11.8 Å². The molecule has 1 aliphatic heterocycles. The molecule has 3 fully saturated rings. The van der Waals surface area contributed by atoms with Crippen molar-refractivity contribution in [1.29, 1.82) is 0 Å². The fourth-order valence-electron chi connectivity index (χ4n) is 4.09. The molecule has 94 valence electrons. The molecule has 1 aromatic rings. The number of imide groups is 1. The molecule has 2 heterocycles. The van der Waals surface area contributed by atoms with Crippen molar-refractivity contribution in [3.8, 4) is 0 Å². The lowest BCUT2D eigenvalue weighted by molar-refractivity contribution is -0.123. The van der Waals surface area contributed by atoms with E-state index >= 15 is 0 Å². The molecule has 4 rings (SSSR count). The van der Waals surface area contributed by atoms with Crippen molar-refractivity contribution in [2.24, 2.45) is 23.7 Å². The fourth-order valence-corrected chi connectivity index (χ4v) is 4.09. The molecule has 2 amide bonds. The Hall–Kier alpha value is -1.65. The molecule has 0 spiro atoms. The number of amides is 2. The SMILES string of the molecule is Cc1cc(N2C(=O)[C@@H]3[C@H]4CC[C@@H](C4)[C@H]3C2=O)no1. The summed E-state index contributed by atoms with van der Waals surface area (Å²) in [7, 11) is 0. The Kier molecular flexibility index (Phi) is 1.84. The van der Waals surface area contributed by atoms with Gasteiger partial charge in [-0.15, -0.1) is 0 Å². The quantitative estimate of drug-likeness (QED) is 0.705. The van der Waals surface area contributed by atoms with Gasteiger partial charge in [-0.2, -0.15) is 0 Å². The third-order valence-corrected chi connectivity index (χ3v) is 4.77. The number of nitrogens with zero attached hydrogens (tertiary/aromatic N) is 2. The monoisotopic (exact) mass is 246 g/mol. The molecule has 5 nitrogen and oxygen atoms in total. The molecule has 1 saturated heterocycles. The number of aromatic nitrogens is 1. The topological polar surface area (TPSA) is 63.4 Å². The van der Waals surface area contributed by atoms with Crippen LogP contribution in [-0.4, -0.2) is 17.0 Å². The Labute approximate surface area is 104 Å². The van der Waals surface area contributed by atoms with Crippen LogP contribution in [0, 0.1) is 30.6 Å². The minimum Gasteiger partial charge on any atom is -0.360 e. The third-order valence-electron chi connectivity index (χ3n) is 4.77. The van der Waals surface area contributed by atoms with E-state index in [1.165, 1.54) is 4.90 Å². The summed E-state index contributed by atoms with van der Waals surface area (Å²) < 4.78 is 4.97. The molecule has 0 N–H and O–H groups in total. The largest absolute Gasteiger partial charge is 0.360 e. The number of carbonyl (C=O) groups is 2. The maximum Gasteiger partial charge on any atom is 0.239 e. The van der Waals surface area contributed by atoms with Crippen LogP contribution >= 0.6 is 0 Å². The van der Waals surface area contributed by atoms with Crippen LogP contribution in [0.25, 0.3) is 0 Å². The summed E-state index contributed by atoms with van der Waals surface area (Å²) >= 11 is 0. The summed E-state index contributed by atoms with van der Waals surface area (Å²) in [5.41, 5.74) is 0. The first-order valence-corrected chi connectivity index (χ1v) is 6.48. The number of anilines is 1. The van der Waals surface area contributed by atoms with Crippen LogP contribution in [-0.2, 0) is 9.59 Å². The predicted molar refractivity (Wildman–Crippen MR) is 61.5 cm³/mol. The highest BCUT2D eigenvalue weighted by molar-refractivity contribution is 6.22. The molecule has 1 aromatic heterocycles. The minimum atomic E-state index is -0.0896.